The number of nitrogens with zero attached hydrogens (tertiary/aromatic N) is 7. The SMILES string of the molecule is CC(C)c1ncccc1-c1ncc2c(N3CC4CCC(C3)N4C(=O)OC(C)(C)C)nc(OCC34CCCN3CCC4)nc2c1F. The molecule has 10 nitrogen and oxygen atoms in total. The monoisotopic (exact) mass is 617 g/mol. The Labute approximate surface area is 264 Å². The molecule has 4 aliphatic heterocycles. The Morgan fingerprint density at radius 3 is 2.47 bits per heavy atom. The van der Waals surface area contributed by atoms with Gasteiger partial charge < -0.3 is 14.4 Å². The summed E-state index contributed by atoms with van der Waals surface area (Å²) in [5.41, 5.74) is 1.28. The highest BCUT2D eigenvalue weighted by molar-refractivity contribution is 5.92. The van der Waals surface area contributed by atoms with Crippen LogP contribution >= 0.6 is 0 Å². The highest BCUT2D eigenvalue weighted by Gasteiger charge is 2.46. The summed E-state index contributed by atoms with van der Waals surface area (Å²) in [4.78, 5) is 38.5. The molecular formula is C34H44FN7O3. The minimum absolute atomic E-state index is 0.000449. The van der Waals surface area contributed by atoms with Crippen molar-refractivity contribution in [2.45, 2.75) is 102 Å². The minimum atomic E-state index is -0.568. The summed E-state index contributed by atoms with van der Waals surface area (Å²) >= 11 is 0. The Kier molecular flexibility index (Phi) is 7.57. The average Bonchev–Trinajstić information content (AvgIpc) is 3.66. The second-order valence-corrected chi connectivity index (χ2v) is 14.5. The highest BCUT2D eigenvalue weighted by Crippen LogP contribution is 2.41. The number of piperazine rings is 1. The van der Waals surface area contributed by atoms with Gasteiger partial charge in [0.25, 0.3) is 0 Å². The van der Waals surface area contributed by atoms with Gasteiger partial charge in [-0.1, -0.05) is 13.8 Å². The number of halogens is 1. The van der Waals surface area contributed by atoms with Crippen LogP contribution in [0.25, 0.3) is 22.2 Å². The number of ether oxygens (including phenoxy) is 2. The molecule has 0 saturated carbocycles. The van der Waals surface area contributed by atoms with Crippen molar-refractivity contribution in [3.8, 4) is 17.3 Å². The van der Waals surface area contributed by atoms with Crippen LogP contribution in [0.3, 0.4) is 0 Å². The zero-order valence-electron chi connectivity index (χ0n) is 27.1. The smallest absolute Gasteiger partial charge is 0.410 e. The van der Waals surface area contributed by atoms with Crippen molar-refractivity contribution in [2.75, 3.05) is 37.7 Å². The van der Waals surface area contributed by atoms with E-state index < -0.39 is 11.4 Å². The predicted octanol–water partition coefficient (Wildman–Crippen LogP) is 5.94. The Balaban J connectivity index is 1.27. The van der Waals surface area contributed by atoms with Crippen LogP contribution in [-0.4, -0.2) is 91.8 Å². The van der Waals surface area contributed by atoms with Gasteiger partial charge in [-0.3, -0.25) is 19.8 Å². The fourth-order valence-electron chi connectivity index (χ4n) is 7.94. The summed E-state index contributed by atoms with van der Waals surface area (Å²) in [5.74, 6) is 0.179. The number of carbonyl (C=O) groups is 1. The van der Waals surface area contributed by atoms with Crippen LogP contribution in [0.4, 0.5) is 15.0 Å². The first-order valence-electron chi connectivity index (χ1n) is 16.5. The molecule has 2 atom stereocenters. The summed E-state index contributed by atoms with van der Waals surface area (Å²) in [5, 5.41) is 0.533. The van der Waals surface area contributed by atoms with Gasteiger partial charge in [0.1, 0.15) is 29.2 Å². The number of rotatable bonds is 6. The van der Waals surface area contributed by atoms with E-state index in [1.165, 1.54) is 0 Å². The molecule has 4 saturated heterocycles. The topological polar surface area (TPSA) is 96.8 Å². The van der Waals surface area contributed by atoms with E-state index >= 15 is 4.39 Å². The van der Waals surface area contributed by atoms with Crippen molar-refractivity contribution in [1.82, 2.24) is 29.7 Å². The number of hydrogen-bond donors (Lipinski definition) is 0. The number of hydrogen-bond acceptors (Lipinski definition) is 9. The van der Waals surface area contributed by atoms with Crippen LogP contribution < -0.4 is 9.64 Å². The molecule has 7 heterocycles. The molecule has 0 N–H and O–H groups in total. The molecule has 0 aliphatic carbocycles. The second-order valence-electron chi connectivity index (χ2n) is 14.5. The van der Waals surface area contributed by atoms with E-state index in [9.17, 15) is 4.79 Å². The molecule has 4 fully saturated rings. The molecular weight excluding hydrogens is 573 g/mol. The van der Waals surface area contributed by atoms with Gasteiger partial charge in [-0.15, -0.1) is 0 Å². The molecule has 11 heteroatoms. The maximum Gasteiger partial charge on any atom is 0.410 e. The normalized spacial score (nSPS) is 22.8. The van der Waals surface area contributed by atoms with Gasteiger partial charge in [0, 0.05) is 31.0 Å². The molecule has 3 aromatic heterocycles. The van der Waals surface area contributed by atoms with Crippen molar-refractivity contribution in [1.29, 1.82) is 0 Å². The van der Waals surface area contributed by atoms with Crippen LogP contribution in [0.5, 0.6) is 6.01 Å². The molecule has 0 spiro atoms. The molecule has 0 radical (unpaired) electrons. The standard InChI is InChI=1S/C34H44FN7O3/c1-21(2)27-24(9-6-14-36-27)28-26(35)29-25(17-37-28)30(39-31(38-29)44-20-34-12-7-15-41(34)16-8-13-34)40-18-22-10-11-23(19-40)42(22)32(43)45-33(3,4)5/h6,9,14,17,21-23H,7-8,10-13,15-16,18-20H2,1-5H3. The molecule has 45 heavy (non-hydrogen) atoms. The van der Waals surface area contributed by atoms with Crippen molar-refractivity contribution in [3.63, 3.8) is 0 Å². The van der Waals surface area contributed by atoms with E-state index in [1.54, 1.807) is 18.5 Å². The third-order valence-electron chi connectivity index (χ3n) is 9.95. The number of amides is 1. The molecule has 2 bridgehead atoms. The third kappa shape index (κ3) is 5.47. The first kappa shape index (κ1) is 30.1. The quantitative estimate of drug-likeness (QED) is 0.333. The Morgan fingerprint density at radius 2 is 1.80 bits per heavy atom. The zero-order valence-corrected chi connectivity index (χ0v) is 27.1. The fourth-order valence-corrected chi connectivity index (χ4v) is 7.94. The van der Waals surface area contributed by atoms with Crippen LogP contribution in [0, 0.1) is 5.82 Å². The van der Waals surface area contributed by atoms with E-state index in [0.29, 0.717) is 36.5 Å². The summed E-state index contributed by atoms with van der Waals surface area (Å²) in [6.45, 7) is 13.5. The number of carbonyl (C=O) groups excluding carboxylic acids is 1. The average molecular weight is 618 g/mol. The van der Waals surface area contributed by atoms with Crippen molar-refractivity contribution >= 4 is 22.8 Å². The lowest BCUT2D eigenvalue weighted by molar-refractivity contribution is 0.0122. The molecule has 4 aliphatic rings. The number of fused-ring (bicyclic) bond motifs is 4. The predicted molar refractivity (Wildman–Crippen MR) is 170 cm³/mol. The molecule has 2 unspecified atom stereocenters. The van der Waals surface area contributed by atoms with Crippen LogP contribution in [0.15, 0.2) is 24.5 Å². The summed E-state index contributed by atoms with van der Waals surface area (Å²) in [6.07, 6.45) is 9.37. The maximum atomic E-state index is 16.6. The molecule has 0 aromatic carbocycles. The van der Waals surface area contributed by atoms with Crippen LogP contribution in [0.1, 0.15) is 84.8 Å². The van der Waals surface area contributed by atoms with E-state index in [0.717, 1.165) is 57.3 Å². The van der Waals surface area contributed by atoms with Gasteiger partial charge in [0.15, 0.2) is 5.82 Å². The molecule has 7 rings (SSSR count). The largest absolute Gasteiger partial charge is 0.461 e. The second kappa shape index (κ2) is 11.3. The number of anilines is 1. The fraction of sp³-hybridized carbons (Fsp3) is 0.618. The first-order chi connectivity index (χ1) is 21.5. The number of pyridine rings is 2. The Morgan fingerprint density at radius 1 is 1.09 bits per heavy atom. The molecule has 3 aromatic rings. The highest BCUT2D eigenvalue weighted by atomic mass is 19.1. The molecule has 240 valence electrons. The van der Waals surface area contributed by atoms with Gasteiger partial charge in [-0.05, 0) is 90.4 Å². The van der Waals surface area contributed by atoms with Gasteiger partial charge in [-0.25, -0.2) is 9.18 Å². The molecule has 1 amide bonds. The lowest BCUT2D eigenvalue weighted by Crippen LogP contribution is -2.57. The number of aromatic nitrogens is 4. The van der Waals surface area contributed by atoms with Crippen molar-refractivity contribution in [2.24, 2.45) is 0 Å². The van der Waals surface area contributed by atoms with Gasteiger partial charge in [0.05, 0.1) is 28.7 Å². The van der Waals surface area contributed by atoms with Crippen LogP contribution in [-0.2, 0) is 4.74 Å². The Hall–Kier alpha value is -3.60. The first-order valence-corrected chi connectivity index (χ1v) is 16.5. The Bertz CT molecular complexity index is 1580. The van der Waals surface area contributed by atoms with E-state index in [4.69, 9.17) is 19.4 Å². The van der Waals surface area contributed by atoms with Crippen molar-refractivity contribution < 1.29 is 18.7 Å². The summed E-state index contributed by atoms with van der Waals surface area (Å²) < 4.78 is 28.8. The van der Waals surface area contributed by atoms with Crippen molar-refractivity contribution in [3.05, 3.63) is 36.0 Å². The van der Waals surface area contributed by atoms with E-state index in [1.807, 2.05) is 45.6 Å². The van der Waals surface area contributed by atoms with Gasteiger partial charge >= 0.3 is 12.1 Å². The minimum Gasteiger partial charge on any atom is -0.461 e. The lowest BCUT2D eigenvalue weighted by Gasteiger charge is -2.42. The van der Waals surface area contributed by atoms with E-state index in [-0.39, 0.29) is 46.9 Å². The van der Waals surface area contributed by atoms with Crippen LogP contribution in [0.2, 0.25) is 0 Å². The third-order valence-corrected chi connectivity index (χ3v) is 9.95. The summed E-state index contributed by atoms with van der Waals surface area (Å²) in [7, 11) is 0. The van der Waals surface area contributed by atoms with Gasteiger partial charge in [-0.2, -0.15) is 9.97 Å². The lowest BCUT2D eigenvalue weighted by atomic mass is 9.95. The zero-order chi connectivity index (χ0) is 31.5. The van der Waals surface area contributed by atoms with Gasteiger partial charge in [0.2, 0.25) is 0 Å². The summed E-state index contributed by atoms with van der Waals surface area (Å²) in [6, 6.07) is 3.79. The van der Waals surface area contributed by atoms with E-state index in [2.05, 4.69) is 19.8 Å². The maximum absolute atomic E-state index is 16.6.